The number of halogens is 4. The highest BCUT2D eigenvalue weighted by atomic mass is 79.9. The Morgan fingerprint density at radius 3 is 2.55 bits per heavy atom. The highest BCUT2D eigenvalue weighted by molar-refractivity contribution is 9.10. The minimum atomic E-state index is -4.40. The molecule has 108 valence electrons. The molecule has 1 atom stereocenters. The van der Waals surface area contributed by atoms with Crippen LogP contribution in [0.25, 0.3) is 0 Å². The first-order chi connectivity index (χ1) is 9.32. The second-order valence-corrected chi connectivity index (χ2v) is 6.23. The lowest BCUT2D eigenvalue weighted by molar-refractivity contribution is -0.137. The van der Waals surface area contributed by atoms with Gasteiger partial charge in [-0.1, -0.05) is 28.1 Å². The van der Waals surface area contributed by atoms with Crippen LogP contribution in [0.4, 0.5) is 13.2 Å². The van der Waals surface area contributed by atoms with Crippen molar-refractivity contribution in [3.8, 4) is 0 Å². The number of alkyl halides is 3. The smallest absolute Gasteiger partial charge is 0.309 e. The zero-order valence-electron chi connectivity index (χ0n) is 10.8. The minimum absolute atomic E-state index is 0.321. The van der Waals surface area contributed by atoms with Crippen LogP contribution in [0.2, 0.25) is 0 Å². The summed E-state index contributed by atoms with van der Waals surface area (Å²) < 4.78 is 38.7. The third kappa shape index (κ3) is 3.21. The zero-order chi connectivity index (χ0) is 14.9. The molecule has 1 aromatic carbocycles. The van der Waals surface area contributed by atoms with E-state index in [1.807, 2.05) is 25.1 Å². The summed E-state index contributed by atoms with van der Waals surface area (Å²) in [6.45, 7) is 1.96. The fraction of sp³-hybridized carbons (Fsp3) is 0.308. The molecular weight excluding hydrogens is 353 g/mol. The average molecular weight is 365 g/mol. The molecular formula is C13H12BrF3N2S. The van der Waals surface area contributed by atoms with Crippen molar-refractivity contribution in [2.24, 2.45) is 0 Å². The maximum absolute atomic E-state index is 12.6. The second-order valence-electron chi connectivity index (χ2n) is 4.31. The molecule has 0 spiro atoms. The Balaban J connectivity index is 2.40. The standard InChI is InChI=1S/C13H12BrF3N2S/c1-7-3-4-8(9(14)5-7)11(18-2)10-6-19-12(20-10)13(15,16)17/h3-6,11,18H,1-2H3. The lowest BCUT2D eigenvalue weighted by Crippen LogP contribution is -2.17. The lowest BCUT2D eigenvalue weighted by atomic mass is 10.0. The molecule has 1 unspecified atom stereocenters. The van der Waals surface area contributed by atoms with Crippen LogP contribution < -0.4 is 5.32 Å². The van der Waals surface area contributed by atoms with Crippen molar-refractivity contribution in [2.75, 3.05) is 7.05 Å². The van der Waals surface area contributed by atoms with Crippen LogP contribution in [-0.2, 0) is 6.18 Å². The highest BCUT2D eigenvalue weighted by Gasteiger charge is 2.35. The van der Waals surface area contributed by atoms with Gasteiger partial charge in [-0.2, -0.15) is 13.2 Å². The van der Waals surface area contributed by atoms with E-state index in [1.165, 1.54) is 6.20 Å². The molecule has 0 aliphatic heterocycles. The van der Waals surface area contributed by atoms with E-state index in [2.05, 4.69) is 26.2 Å². The zero-order valence-corrected chi connectivity index (χ0v) is 13.2. The molecule has 0 bridgehead atoms. The van der Waals surface area contributed by atoms with Crippen LogP contribution in [0.15, 0.2) is 28.9 Å². The first kappa shape index (κ1) is 15.5. The van der Waals surface area contributed by atoms with Gasteiger partial charge in [0.2, 0.25) is 0 Å². The van der Waals surface area contributed by atoms with Crippen molar-refractivity contribution in [2.45, 2.75) is 19.1 Å². The van der Waals surface area contributed by atoms with Crippen molar-refractivity contribution in [1.82, 2.24) is 10.3 Å². The summed E-state index contributed by atoms with van der Waals surface area (Å²) in [6.07, 6.45) is -3.12. The fourth-order valence-corrected chi connectivity index (χ4v) is 3.50. The van der Waals surface area contributed by atoms with Crippen molar-refractivity contribution in [3.05, 3.63) is 49.9 Å². The van der Waals surface area contributed by atoms with Gasteiger partial charge in [0.15, 0.2) is 5.01 Å². The topological polar surface area (TPSA) is 24.9 Å². The normalized spacial score (nSPS) is 13.5. The van der Waals surface area contributed by atoms with Gasteiger partial charge in [-0.3, -0.25) is 0 Å². The van der Waals surface area contributed by atoms with Gasteiger partial charge in [0.1, 0.15) is 0 Å². The van der Waals surface area contributed by atoms with E-state index < -0.39 is 11.2 Å². The monoisotopic (exact) mass is 364 g/mol. The molecule has 2 rings (SSSR count). The Labute approximate surface area is 127 Å². The van der Waals surface area contributed by atoms with Gasteiger partial charge in [0.05, 0.1) is 6.04 Å². The summed E-state index contributed by atoms with van der Waals surface area (Å²) in [5.41, 5.74) is 1.96. The molecule has 1 N–H and O–H groups in total. The van der Waals surface area contributed by atoms with Gasteiger partial charge < -0.3 is 5.32 Å². The van der Waals surface area contributed by atoms with Crippen molar-refractivity contribution in [1.29, 1.82) is 0 Å². The van der Waals surface area contributed by atoms with Crippen molar-refractivity contribution < 1.29 is 13.2 Å². The molecule has 0 radical (unpaired) electrons. The van der Waals surface area contributed by atoms with Crippen molar-refractivity contribution in [3.63, 3.8) is 0 Å². The fourth-order valence-electron chi connectivity index (χ4n) is 1.87. The van der Waals surface area contributed by atoms with Crippen molar-refractivity contribution >= 4 is 27.3 Å². The molecule has 0 aliphatic rings. The number of aromatic nitrogens is 1. The van der Waals surface area contributed by atoms with Gasteiger partial charge in [-0.15, -0.1) is 11.3 Å². The number of hydrogen-bond acceptors (Lipinski definition) is 3. The predicted molar refractivity (Wildman–Crippen MR) is 76.9 cm³/mol. The third-order valence-corrected chi connectivity index (χ3v) is 4.60. The van der Waals surface area contributed by atoms with Gasteiger partial charge in [-0.25, -0.2) is 4.98 Å². The second kappa shape index (κ2) is 5.83. The van der Waals surface area contributed by atoms with Gasteiger partial charge in [-0.05, 0) is 31.2 Å². The van der Waals surface area contributed by atoms with Gasteiger partial charge >= 0.3 is 6.18 Å². The summed E-state index contributed by atoms with van der Waals surface area (Å²) in [7, 11) is 1.71. The Morgan fingerprint density at radius 2 is 2.05 bits per heavy atom. The highest BCUT2D eigenvalue weighted by Crippen LogP contribution is 2.37. The number of nitrogens with zero attached hydrogens (tertiary/aromatic N) is 1. The molecule has 0 fully saturated rings. The minimum Gasteiger partial charge on any atom is -0.309 e. The van der Waals surface area contributed by atoms with E-state index >= 15 is 0 Å². The van der Waals surface area contributed by atoms with Crippen LogP contribution in [0.1, 0.15) is 27.1 Å². The van der Waals surface area contributed by atoms with E-state index in [4.69, 9.17) is 0 Å². The van der Waals surface area contributed by atoms with E-state index in [-0.39, 0.29) is 6.04 Å². The Morgan fingerprint density at radius 1 is 1.35 bits per heavy atom. The first-order valence-corrected chi connectivity index (χ1v) is 7.40. The Hall–Kier alpha value is -0.920. The number of benzene rings is 1. The summed E-state index contributed by atoms with van der Waals surface area (Å²) in [4.78, 5) is 4.00. The van der Waals surface area contributed by atoms with E-state index in [0.29, 0.717) is 16.2 Å². The molecule has 0 aliphatic carbocycles. The molecule has 0 amide bonds. The summed E-state index contributed by atoms with van der Waals surface area (Å²) in [5.74, 6) is 0. The number of rotatable bonds is 3. The molecule has 1 heterocycles. The Bertz CT molecular complexity index is 610. The van der Waals surface area contributed by atoms with Crippen LogP contribution >= 0.6 is 27.3 Å². The maximum Gasteiger partial charge on any atom is 0.443 e. The maximum atomic E-state index is 12.6. The lowest BCUT2D eigenvalue weighted by Gasteiger charge is -2.16. The predicted octanol–water partition coefficient (Wildman–Crippen LogP) is 4.54. The SMILES string of the molecule is CNC(c1cnc(C(F)(F)F)s1)c1ccc(C)cc1Br. The number of thiazole rings is 1. The van der Waals surface area contributed by atoms with E-state index in [1.54, 1.807) is 7.05 Å². The number of aryl methyl sites for hydroxylation is 1. The van der Waals surface area contributed by atoms with E-state index in [0.717, 1.165) is 15.6 Å². The summed E-state index contributed by atoms with van der Waals surface area (Å²) in [6, 6.07) is 5.44. The van der Waals surface area contributed by atoms with Crippen LogP contribution in [0.5, 0.6) is 0 Å². The van der Waals surface area contributed by atoms with Crippen LogP contribution in [0, 0.1) is 6.92 Å². The van der Waals surface area contributed by atoms with Gasteiger partial charge in [0.25, 0.3) is 0 Å². The number of hydrogen-bond donors (Lipinski definition) is 1. The molecule has 0 saturated heterocycles. The first-order valence-electron chi connectivity index (χ1n) is 5.79. The number of nitrogens with one attached hydrogen (secondary N) is 1. The van der Waals surface area contributed by atoms with Crippen LogP contribution in [0.3, 0.4) is 0 Å². The molecule has 1 aromatic heterocycles. The molecule has 2 nitrogen and oxygen atoms in total. The Kier molecular flexibility index (Phi) is 4.51. The molecule has 20 heavy (non-hydrogen) atoms. The summed E-state index contributed by atoms with van der Waals surface area (Å²) >= 11 is 4.11. The third-order valence-electron chi connectivity index (χ3n) is 2.81. The molecule has 0 saturated carbocycles. The van der Waals surface area contributed by atoms with Gasteiger partial charge in [0, 0.05) is 15.5 Å². The molecule has 2 aromatic rings. The van der Waals surface area contributed by atoms with Crippen LogP contribution in [-0.4, -0.2) is 12.0 Å². The largest absolute Gasteiger partial charge is 0.443 e. The quantitative estimate of drug-likeness (QED) is 0.864. The molecule has 7 heteroatoms. The van der Waals surface area contributed by atoms with E-state index in [9.17, 15) is 13.2 Å². The average Bonchev–Trinajstić information content (AvgIpc) is 2.82. The summed E-state index contributed by atoms with van der Waals surface area (Å²) in [5, 5.41) is 2.21.